The molecule has 1 saturated carbocycles. The van der Waals surface area contributed by atoms with Crippen LogP contribution in [0.2, 0.25) is 0 Å². The Kier molecular flexibility index (Phi) is 3.96. The molecule has 2 aromatic rings. The minimum absolute atomic E-state index is 0.0816. The standard InChI is InChI=1S/C23H26N2O/c1-16-11-13-17(14-12-16)20-15-21-19-9-5-6-10-22(19)26-23(25(21)24-20)18-7-3-2-4-8-18/h5-6,9-14,18,21,23H,2-4,7-8,15H2,1H3/t21-,23+/m0/s1. The Balaban J connectivity index is 1.52. The zero-order valence-electron chi connectivity index (χ0n) is 15.4. The average Bonchev–Trinajstić information content (AvgIpc) is 3.14. The first-order valence-electron chi connectivity index (χ1n) is 9.98. The van der Waals surface area contributed by atoms with Crippen molar-refractivity contribution in [3.63, 3.8) is 0 Å². The van der Waals surface area contributed by atoms with Crippen molar-refractivity contribution in [2.24, 2.45) is 11.0 Å². The molecule has 0 unspecified atom stereocenters. The number of fused-ring (bicyclic) bond motifs is 3. The third-order valence-electron chi connectivity index (χ3n) is 6.17. The fourth-order valence-electron chi connectivity index (χ4n) is 4.71. The van der Waals surface area contributed by atoms with Crippen molar-refractivity contribution in [3.8, 4) is 5.75 Å². The Bertz CT molecular complexity index is 820. The zero-order valence-corrected chi connectivity index (χ0v) is 15.4. The molecule has 0 N–H and O–H groups in total. The third kappa shape index (κ3) is 2.70. The van der Waals surface area contributed by atoms with E-state index in [4.69, 9.17) is 9.84 Å². The van der Waals surface area contributed by atoms with Crippen LogP contribution >= 0.6 is 0 Å². The molecule has 0 aromatic heterocycles. The van der Waals surface area contributed by atoms with Crippen LogP contribution in [0.4, 0.5) is 0 Å². The van der Waals surface area contributed by atoms with Crippen molar-refractivity contribution < 1.29 is 4.74 Å². The first kappa shape index (κ1) is 15.9. The summed E-state index contributed by atoms with van der Waals surface area (Å²) in [6.45, 7) is 2.13. The fraction of sp³-hybridized carbons (Fsp3) is 0.435. The first-order valence-corrected chi connectivity index (χ1v) is 9.98. The first-order chi connectivity index (χ1) is 12.8. The molecule has 1 fully saturated rings. The highest BCUT2D eigenvalue weighted by Crippen LogP contribution is 2.46. The molecule has 0 saturated heterocycles. The van der Waals surface area contributed by atoms with Crippen LogP contribution in [0, 0.1) is 12.8 Å². The Morgan fingerprint density at radius 2 is 1.73 bits per heavy atom. The van der Waals surface area contributed by atoms with Gasteiger partial charge in [0.05, 0.1) is 11.8 Å². The van der Waals surface area contributed by atoms with Gasteiger partial charge < -0.3 is 4.74 Å². The summed E-state index contributed by atoms with van der Waals surface area (Å²) < 4.78 is 6.51. The molecule has 0 amide bonds. The van der Waals surface area contributed by atoms with E-state index >= 15 is 0 Å². The zero-order chi connectivity index (χ0) is 17.5. The van der Waals surface area contributed by atoms with E-state index < -0.39 is 0 Å². The van der Waals surface area contributed by atoms with Crippen LogP contribution in [0.5, 0.6) is 5.75 Å². The number of aryl methyl sites for hydroxylation is 1. The van der Waals surface area contributed by atoms with Crippen molar-refractivity contribution >= 4 is 5.71 Å². The maximum absolute atomic E-state index is 6.51. The maximum Gasteiger partial charge on any atom is 0.190 e. The predicted molar refractivity (Wildman–Crippen MR) is 104 cm³/mol. The van der Waals surface area contributed by atoms with Gasteiger partial charge in [-0.1, -0.05) is 67.3 Å². The molecule has 26 heavy (non-hydrogen) atoms. The molecule has 134 valence electrons. The SMILES string of the molecule is Cc1ccc(C2=NN3[C@@H](C4CCCCC4)Oc4ccccc4[C@@H]3C2)cc1. The number of hydrazone groups is 1. The summed E-state index contributed by atoms with van der Waals surface area (Å²) in [6, 6.07) is 17.6. The highest BCUT2D eigenvalue weighted by Gasteiger charge is 2.43. The number of ether oxygens (including phenoxy) is 1. The lowest BCUT2D eigenvalue weighted by Gasteiger charge is -2.42. The van der Waals surface area contributed by atoms with E-state index in [1.54, 1.807) is 0 Å². The Morgan fingerprint density at radius 1 is 0.962 bits per heavy atom. The lowest BCUT2D eigenvalue weighted by atomic mass is 9.86. The van der Waals surface area contributed by atoms with Gasteiger partial charge in [0.25, 0.3) is 0 Å². The topological polar surface area (TPSA) is 24.8 Å². The largest absolute Gasteiger partial charge is 0.468 e. The smallest absolute Gasteiger partial charge is 0.190 e. The van der Waals surface area contributed by atoms with E-state index in [2.05, 4.69) is 60.5 Å². The molecule has 3 aliphatic rings. The van der Waals surface area contributed by atoms with E-state index in [0.29, 0.717) is 12.0 Å². The van der Waals surface area contributed by atoms with Crippen molar-refractivity contribution in [1.82, 2.24) is 5.01 Å². The molecule has 0 spiro atoms. The highest BCUT2D eigenvalue weighted by atomic mass is 16.5. The molecule has 2 aliphatic heterocycles. The van der Waals surface area contributed by atoms with Gasteiger partial charge in [-0.15, -0.1) is 0 Å². The number of para-hydroxylation sites is 1. The van der Waals surface area contributed by atoms with Gasteiger partial charge in [-0.25, -0.2) is 5.01 Å². The van der Waals surface area contributed by atoms with Crippen molar-refractivity contribution in [2.75, 3.05) is 0 Å². The molecule has 2 aromatic carbocycles. The summed E-state index contributed by atoms with van der Waals surface area (Å²) in [4.78, 5) is 0. The summed E-state index contributed by atoms with van der Waals surface area (Å²) in [5.74, 6) is 1.64. The molecule has 5 rings (SSSR count). The second kappa shape index (κ2) is 6.46. The van der Waals surface area contributed by atoms with Gasteiger partial charge in [0.15, 0.2) is 6.23 Å². The van der Waals surface area contributed by atoms with Gasteiger partial charge in [-0.05, 0) is 31.4 Å². The van der Waals surface area contributed by atoms with Crippen LogP contribution in [-0.4, -0.2) is 16.9 Å². The van der Waals surface area contributed by atoms with Gasteiger partial charge in [0.1, 0.15) is 5.75 Å². The van der Waals surface area contributed by atoms with E-state index in [0.717, 1.165) is 12.2 Å². The summed E-state index contributed by atoms with van der Waals surface area (Å²) in [5, 5.41) is 7.38. The Hall–Kier alpha value is -2.29. The van der Waals surface area contributed by atoms with Crippen LogP contribution in [0.25, 0.3) is 0 Å². The average molecular weight is 346 g/mol. The normalized spacial score (nSPS) is 25.3. The number of hydrogen-bond donors (Lipinski definition) is 0. The summed E-state index contributed by atoms with van der Waals surface area (Å²) >= 11 is 0. The summed E-state index contributed by atoms with van der Waals surface area (Å²) in [7, 11) is 0. The van der Waals surface area contributed by atoms with Crippen LogP contribution in [0.15, 0.2) is 53.6 Å². The number of benzene rings is 2. The van der Waals surface area contributed by atoms with Crippen molar-refractivity contribution in [3.05, 3.63) is 65.2 Å². The Labute approximate surface area is 155 Å². The van der Waals surface area contributed by atoms with Gasteiger partial charge in [0.2, 0.25) is 0 Å². The van der Waals surface area contributed by atoms with Crippen LogP contribution in [-0.2, 0) is 0 Å². The molecule has 1 aliphatic carbocycles. The predicted octanol–water partition coefficient (Wildman–Crippen LogP) is 5.44. The minimum Gasteiger partial charge on any atom is -0.468 e. The molecular weight excluding hydrogens is 320 g/mol. The third-order valence-corrected chi connectivity index (χ3v) is 6.17. The van der Waals surface area contributed by atoms with E-state index in [9.17, 15) is 0 Å². The maximum atomic E-state index is 6.51. The lowest BCUT2D eigenvalue weighted by molar-refractivity contribution is -0.0643. The monoisotopic (exact) mass is 346 g/mol. The van der Waals surface area contributed by atoms with Crippen molar-refractivity contribution in [2.45, 2.75) is 57.7 Å². The minimum atomic E-state index is 0.0816. The number of hydrogen-bond acceptors (Lipinski definition) is 3. The van der Waals surface area contributed by atoms with Gasteiger partial charge in [-0.3, -0.25) is 0 Å². The quantitative estimate of drug-likeness (QED) is 0.723. The molecule has 0 radical (unpaired) electrons. The fourth-order valence-corrected chi connectivity index (χ4v) is 4.71. The van der Waals surface area contributed by atoms with E-state index in [1.165, 1.54) is 54.5 Å². The van der Waals surface area contributed by atoms with Gasteiger partial charge >= 0.3 is 0 Å². The molecule has 2 atom stereocenters. The van der Waals surface area contributed by atoms with Crippen molar-refractivity contribution in [1.29, 1.82) is 0 Å². The second-order valence-electron chi connectivity index (χ2n) is 7.96. The van der Waals surface area contributed by atoms with Crippen LogP contribution in [0.3, 0.4) is 0 Å². The molecule has 0 bridgehead atoms. The molecule has 2 heterocycles. The van der Waals surface area contributed by atoms with Gasteiger partial charge in [0, 0.05) is 17.9 Å². The molecular formula is C23H26N2O. The molecule has 3 heteroatoms. The van der Waals surface area contributed by atoms with Crippen LogP contribution < -0.4 is 4.74 Å². The highest BCUT2D eigenvalue weighted by molar-refractivity contribution is 6.02. The second-order valence-corrected chi connectivity index (χ2v) is 7.96. The summed E-state index contributed by atoms with van der Waals surface area (Å²) in [5.41, 5.74) is 5.00. The van der Waals surface area contributed by atoms with Gasteiger partial charge in [-0.2, -0.15) is 5.10 Å². The lowest BCUT2D eigenvalue weighted by Crippen LogP contribution is -2.45. The van der Waals surface area contributed by atoms with E-state index in [-0.39, 0.29) is 6.23 Å². The van der Waals surface area contributed by atoms with Crippen LogP contribution in [0.1, 0.15) is 61.3 Å². The summed E-state index contributed by atoms with van der Waals surface area (Å²) in [6.07, 6.45) is 7.56. The number of nitrogens with zero attached hydrogens (tertiary/aromatic N) is 2. The number of rotatable bonds is 2. The molecule has 3 nitrogen and oxygen atoms in total. The Morgan fingerprint density at radius 3 is 2.54 bits per heavy atom. The van der Waals surface area contributed by atoms with E-state index in [1.807, 2.05) is 0 Å².